The summed E-state index contributed by atoms with van der Waals surface area (Å²) in [6.45, 7) is 6.98. The summed E-state index contributed by atoms with van der Waals surface area (Å²) in [5, 5.41) is 2.00. The highest BCUT2D eigenvalue weighted by Gasteiger charge is 2.05. The van der Waals surface area contributed by atoms with Crippen LogP contribution in [-0.2, 0) is 0 Å². The summed E-state index contributed by atoms with van der Waals surface area (Å²) in [6.07, 6.45) is 3.96. The molecule has 0 radical (unpaired) electrons. The van der Waals surface area contributed by atoms with Gasteiger partial charge >= 0.3 is 0 Å². The summed E-state index contributed by atoms with van der Waals surface area (Å²) in [5.74, 6) is 0. The number of fused-ring (bicyclic) bond motifs is 1. The molecule has 0 aliphatic carbocycles. The number of hydrogen-bond donors (Lipinski definition) is 0. The van der Waals surface area contributed by atoms with Crippen LogP contribution in [0.25, 0.3) is 21.1 Å². The van der Waals surface area contributed by atoms with Crippen molar-refractivity contribution in [3.05, 3.63) is 53.5 Å². The molecular weight excluding hydrogens is 218 g/mol. The zero-order valence-electron chi connectivity index (χ0n) is 8.29. The van der Waals surface area contributed by atoms with Crippen LogP contribution in [0.2, 0.25) is 0 Å². The summed E-state index contributed by atoms with van der Waals surface area (Å²) in [4.78, 5) is 8.89. The molecule has 0 saturated carbocycles. The van der Waals surface area contributed by atoms with E-state index in [2.05, 4.69) is 9.83 Å². The summed E-state index contributed by atoms with van der Waals surface area (Å²) in [7, 11) is 0. The van der Waals surface area contributed by atoms with Crippen molar-refractivity contribution in [2.75, 3.05) is 0 Å². The molecule has 0 unspecified atom stereocenters. The Morgan fingerprint density at radius 1 is 1.38 bits per heavy atom. The Hall–Kier alpha value is -2.12. The first-order valence-corrected chi connectivity index (χ1v) is 5.65. The molecule has 0 bridgehead atoms. The van der Waals surface area contributed by atoms with Crippen molar-refractivity contribution in [1.82, 2.24) is 9.38 Å². The Bertz CT molecular complexity index is 659. The van der Waals surface area contributed by atoms with Crippen molar-refractivity contribution in [2.24, 2.45) is 0 Å². The Morgan fingerprint density at radius 2 is 2.31 bits per heavy atom. The van der Waals surface area contributed by atoms with Crippen molar-refractivity contribution in [3.63, 3.8) is 0 Å². The molecule has 76 valence electrons. The number of nitrogens with zero attached hydrogens (tertiary/aromatic N) is 3. The normalized spacial score (nSPS) is 10.4. The third-order valence-corrected chi connectivity index (χ3v) is 3.13. The van der Waals surface area contributed by atoms with Gasteiger partial charge in [-0.15, -0.1) is 11.3 Å². The fourth-order valence-electron chi connectivity index (χ4n) is 1.60. The summed E-state index contributed by atoms with van der Waals surface area (Å²) in [6, 6.07) is 7.52. The quantitative estimate of drug-likeness (QED) is 0.580. The van der Waals surface area contributed by atoms with Crippen molar-refractivity contribution in [1.29, 1.82) is 0 Å². The minimum absolute atomic E-state index is 0.647. The van der Waals surface area contributed by atoms with Gasteiger partial charge in [-0.3, -0.25) is 4.40 Å². The number of hydrogen-bond acceptors (Lipinski definition) is 2. The van der Waals surface area contributed by atoms with Crippen molar-refractivity contribution >= 4 is 22.0 Å². The van der Waals surface area contributed by atoms with E-state index in [9.17, 15) is 0 Å². The van der Waals surface area contributed by atoms with E-state index < -0.39 is 0 Å². The Kier molecular flexibility index (Phi) is 1.98. The first-order valence-electron chi connectivity index (χ1n) is 4.77. The first-order chi connectivity index (χ1) is 7.86. The molecule has 3 rings (SSSR count). The van der Waals surface area contributed by atoms with Crippen molar-refractivity contribution in [3.8, 4) is 11.3 Å². The highest BCUT2D eigenvalue weighted by molar-refractivity contribution is 7.15. The maximum absolute atomic E-state index is 6.98. The third-order valence-electron chi connectivity index (χ3n) is 2.36. The predicted octanol–water partition coefficient (Wildman–Crippen LogP) is 3.61. The van der Waals surface area contributed by atoms with Crippen LogP contribution < -0.4 is 0 Å². The van der Waals surface area contributed by atoms with E-state index in [-0.39, 0.29) is 0 Å². The van der Waals surface area contributed by atoms with Crippen LogP contribution in [0.5, 0.6) is 0 Å². The number of aromatic nitrogens is 2. The lowest BCUT2D eigenvalue weighted by molar-refractivity contribution is 1.23. The second kappa shape index (κ2) is 3.47. The van der Waals surface area contributed by atoms with E-state index in [0.717, 1.165) is 16.2 Å². The fraction of sp³-hybridized carbons (Fsp3) is 0. The first kappa shape index (κ1) is 9.13. The molecule has 3 aromatic rings. The smallest absolute Gasteiger partial charge is 0.194 e. The largest absolute Gasteiger partial charge is 0.297 e. The average molecular weight is 225 g/mol. The minimum atomic E-state index is 0.647. The summed E-state index contributed by atoms with van der Waals surface area (Å²) >= 11 is 1.60. The van der Waals surface area contributed by atoms with Gasteiger partial charge in [0.2, 0.25) is 0 Å². The molecule has 0 saturated heterocycles. The zero-order chi connectivity index (χ0) is 11.0. The lowest BCUT2D eigenvalue weighted by atomic mass is 10.1. The molecule has 3 nitrogen and oxygen atoms in total. The van der Waals surface area contributed by atoms with Crippen molar-refractivity contribution in [2.45, 2.75) is 0 Å². The van der Waals surface area contributed by atoms with Gasteiger partial charge in [0.25, 0.3) is 0 Å². The Morgan fingerprint density at radius 3 is 3.12 bits per heavy atom. The van der Waals surface area contributed by atoms with Crippen molar-refractivity contribution < 1.29 is 0 Å². The number of benzene rings is 1. The SMILES string of the molecule is [C-]#[N+]c1cccc(-c2cn3ccsc3n2)c1. The van der Waals surface area contributed by atoms with Crippen LogP contribution in [0, 0.1) is 6.57 Å². The van der Waals surface area contributed by atoms with Crippen LogP contribution in [0.1, 0.15) is 0 Å². The Labute approximate surface area is 96.4 Å². The molecule has 0 N–H and O–H groups in total. The second-order valence-electron chi connectivity index (χ2n) is 3.38. The molecule has 0 atom stereocenters. The van der Waals surface area contributed by atoms with E-state index in [1.54, 1.807) is 17.4 Å². The molecule has 2 heterocycles. The molecule has 0 fully saturated rings. The van der Waals surface area contributed by atoms with Crippen LogP contribution in [0.3, 0.4) is 0 Å². The van der Waals surface area contributed by atoms with Crippen LogP contribution in [-0.4, -0.2) is 9.38 Å². The van der Waals surface area contributed by atoms with Gasteiger partial charge in [0.15, 0.2) is 10.6 Å². The molecule has 16 heavy (non-hydrogen) atoms. The molecular formula is C12H7N3S. The maximum Gasteiger partial charge on any atom is 0.194 e. The standard InChI is InChI=1S/C12H7N3S/c1-13-10-4-2-3-9(7-10)11-8-15-5-6-16-12(15)14-11/h2-8H. The number of imidazole rings is 1. The van der Waals surface area contributed by atoms with Gasteiger partial charge in [-0.25, -0.2) is 9.83 Å². The van der Waals surface area contributed by atoms with Gasteiger partial charge in [0.1, 0.15) is 0 Å². The van der Waals surface area contributed by atoms with Gasteiger partial charge in [-0.2, -0.15) is 0 Å². The van der Waals surface area contributed by atoms with Gasteiger partial charge in [0, 0.05) is 17.8 Å². The van der Waals surface area contributed by atoms with Crippen LogP contribution in [0.4, 0.5) is 5.69 Å². The molecule has 0 spiro atoms. The second-order valence-corrected chi connectivity index (χ2v) is 4.25. The number of rotatable bonds is 1. The lowest BCUT2D eigenvalue weighted by Gasteiger charge is -1.95. The van der Waals surface area contributed by atoms with Gasteiger partial charge in [-0.05, 0) is 11.6 Å². The van der Waals surface area contributed by atoms with E-state index in [1.807, 2.05) is 40.4 Å². The molecule has 1 aromatic carbocycles. The monoisotopic (exact) mass is 225 g/mol. The Balaban J connectivity index is 2.16. The zero-order valence-corrected chi connectivity index (χ0v) is 9.11. The number of thiazole rings is 1. The van der Waals surface area contributed by atoms with E-state index in [0.29, 0.717) is 5.69 Å². The van der Waals surface area contributed by atoms with Crippen LogP contribution >= 0.6 is 11.3 Å². The molecule has 0 amide bonds. The average Bonchev–Trinajstić information content (AvgIpc) is 2.89. The maximum atomic E-state index is 6.98. The minimum Gasteiger partial charge on any atom is -0.297 e. The predicted molar refractivity (Wildman–Crippen MR) is 64.8 cm³/mol. The molecule has 2 aromatic heterocycles. The van der Waals surface area contributed by atoms with E-state index in [4.69, 9.17) is 6.57 Å². The topological polar surface area (TPSA) is 21.7 Å². The third kappa shape index (κ3) is 1.38. The highest BCUT2D eigenvalue weighted by Crippen LogP contribution is 2.24. The van der Waals surface area contributed by atoms with Gasteiger partial charge < -0.3 is 0 Å². The van der Waals surface area contributed by atoms with E-state index >= 15 is 0 Å². The summed E-state index contributed by atoms with van der Waals surface area (Å²) < 4.78 is 1.99. The molecule has 0 aliphatic rings. The summed E-state index contributed by atoms with van der Waals surface area (Å²) in [5.41, 5.74) is 2.55. The highest BCUT2D eigenvalue weighted by atomic mass is 32.1. The fourth-order valence-corrected chi connectivity index (χ4v) is 2.30. The van der Waals surface area contributed by atoms with Gasteiger partial charge in [-0.1, -0.05) is 18.2 Å². The molecule has 0 aliphatic heterocycles. The van der Waals surface area contributed by atoms with Crippen LogP contribution in [0.15, 0.2) is 42.0 Å². The molecule has 4 heteroatoms. The lowest BCUT2D eigenvalue weighted by Crippen LogP contribution is -1.75. The van der Waals surface area contributed by atoms with E-state index in [1.165, 1.54) is 0 Å². The van der Waals surface area contributed by atoms with Gasteiger partial charge in [0.05, 0.1) is 12.3 Å².